The van der Waals surface area contributed by atoms with Crippen LogP contribution in [0.1, 0.15) is 69.0 Å². The fourth-order valence-electron chi connectivity index (χ4n) is 5.28. The number of halogens is 3. The molecule has 0 saturated carbocycles. The van der Waals surface area contributed by atoms with Gasteiger partial charge in [0.15, 0.2) is 11.6 Å². The van der Waals surface area contributed by atoms with Crippen LogP contribution in [0.4, 0.5) is 18.0 Å². The summed E-state index contributed by atoms with van der Waals surface area (Å²) in [5.74, 6) is -2.05. The number of nitrogens with zero attached hydrogens (tertiary/aromatic N) is 2. The van der Waals surface area contributed by atoms with Gasteiger partial charge in [0.2, 0.25) is 5.91 Å². The van der Waals surface area contributed by atoms with Crippen LogP contribution in [0.2, 0.25) is 0 Å². The predicted molar refractivity (Wildman–Crippen MR) is 132 cm³/mol. The Morgan fingerprint density at radius 1 is 0.972 bits per heavy atom. The molecule has 36 heavy (non-hydrogen) atoms. The zero-order chi connectivity index (χ0) is 25.9. The van der Waals surface area contributed by atoms with Gasteiger partial charge in [-0.1, -0.05) is 32.0 Å². The minimum atomic E-state index is -0.992. The van der Waals surface area contributed by atoms with Crippen molar-refractivity contribution < 1.29 is 22.8 Å². The molecular formula is C28H34F3N3O2. The average molecular weight is 502 g/mol. The highest BCUT2D eigenvalue weighted by atomic mass is 19.2. The first-order valence-corrected chi connectivity index (χ1v) is 12.7. The summed E-state index contributed by atoms with van der Waals surface area (Å²) in [5, 5.41) is 2.86. The van der Waals surface area contributed by atoms with Gasteiger partial charge in [0.1, 0.15) is 5.82 Å². The molecule has 1 atom stereocenters. The van der Waals surface area contributed by atoms with Crippen LogP contribution in [0.25, 0.3) is 0 Å². The molecule has 4 rings (SSSR count). The lowest BCUT2D eigenvalue weighted by molar-refractivity contribution is -0.143. The first-order valence-electron chi connectivity index (χ1n) is 12.7. The summed E-state index contributed by atoms with van der Waals surface area (Å²) in [6.07, 6.45) is 3.78. The normalized spacial score (nSPS) is 21.0. The Kier molecular flexibility index (Phi) is 8.03. The van der Waals surface area contributed by atoms with Gasteiger partial charge in [-0.05, 0) is 93.0 Å². The van der Waals surface area contributed by atoms with Crippen LogP contribution in [0.15, 0.2) is 42.5 Å². The molecule has 2 aromatic rings. The number of amides is 3. The van der Waals surface area contributed by atoms with Gasteiger partial charge in [-0.2, -0.15) is 0 Å². The van der Waals surface area contributed by atoms with E-state index < -0.39 is 29.1 Å². The first-order chi connectivity index (χ1) is 17.2. The van der Waals surface area contributed by atoms with Crippen molar-refractivity contribution >= 4 is 11.9 Å². The molecule has 3 amide bonds. The first kappa shape index (κ1) is 26.2. The Balaban J connectivity index is 1.29. The van der Waals surface area contributed by atoms with Gasteiger partial charge in [0.25, 0.3) is 0 Å². The highest BCUT2D eigenvalue weighted by Gasteiger charge is 2.44. The second-order valence-corrected chi connectivity index (χ2v) is 10.5. The second kappa shape index (κ2) is 11.0. The number of likely N-dealkylation sites (tertiary alicyclic amines) is 2. The summed E-state index contributed by atoms with van der Waals surface area (Å²) >= 11 is 0. The predicted octanol–water partition coefficient (Wildman–Crippen LogP) is 5.77. The Morgan fingerprint density at radius 3 is 2.31 bits per heavy atom. The van der Waals surface area contributed by atoms with Crippen LogP contribution in [-0.2, 0) is 4.79 Å². The smallest absolute Gasteiger partial charge is 0.324 e. The molecule has 2 aliphatic rings. The van der Waals surface area contributed by atoms with Crippen molar-refractivity contribution in [1.29, 1.82) is 0 Å². The number of benzene rings is 2. The van der Waals surface area contributed by atoms with Crippen LogP contribution in [-0.4, -0.2) is 47.9 Å². The quantitative estimate of drug-likeness (QED) is 0.511. The zero-order valence-electron chi connectivity index (χ0n) is 20.9. The van der Waals surface area contributed by atoms with Crippen LogP contribution < -0.4 is 5.32 Å². The van der Waals surface area contributed by atoms with E-state index in [1.54, 1.807) is 13.8 Å². The summed E-state index contributed by atoms with van der Waals surface area (Å²) < 4.78 is 40.5. The van der Waals surface area contributed by atoms with Crippen LogP contribution in [0.5, 0.6) is 0 Å². The van der Waals surface area contributed by atoms with Gasteiger partial charge in [-0.15, -0.1) is 0 Å². The molecule has 2 heterocycles. The van der Waals surface area contributed by atoms with E-state index in [0.29, 0.717) is 30.9 Å². The summed E-state index contributed by atoms with van der Waals surface area (Å²) in [6.45, 7) is 6.70. The Morgan fingerprint density at radius 2 is 1.64 bits per heavy atom. The fourth-order valence-corrected chi connectivity index (χ4v) is 5.28. The maximum atomic E-state index is 13.9. The van der Waals surface area contributed by atoms with Crippen molar-refractivity contribution in [2.75, 3.05) is 26.2 Å². The average Bonchev–Trinajstić information content (AvgIpc) is 2.86. The van der Waals surface area contributed by atoms with Gasteiger partial charge in [-0.3, -0.25) is 9.69 Å². The van der Waals surface area contributed by atoms with E-state index in [9.17, 15) is 22.8 Å². The lowest BCUT2D eigenvalue weighted by atomic mass is 9.79. The van der Waals surface area contributed by atoms with Crippen molar-refractivity contribution in [3.05, 3.63) is 71.0 Å². The number of piperidine rings is 2. The molecular weight excluding hydrogens is 467 g/mol. The number of carbonyl (C=O) groups excluding carboxylic acids is 2. The molecule has 1 N–H and O–H groups in total. The molecule has 5 nitrogen and oxygen atoms in total. The van der Waals surface area contributed by atoms with E-state index in [2.05, 4.69) is 10.2 Å². The van der Waals surface area contributed by atoms with E-state index >= 15 is 0 Å². The third-order valence-electron chi connectivity index (χ3n) is 7.56. The Bertz CT molecular complexity index is 1080. The molecule has 0 unspecified atom stereocenters. The summed E-state index contributed by atoms with van der Waals surface area (Å²) in [7, 11) is 0. The van der Waals surface area contributed by atoms with Crippen molar-refractivity contribution in [3.8, 4) is 0 Å². The van der Waals surface area contributed by atoms with Crippen molar-refractivity contribution in [1.82, 2.24) is 15.1 Å². The van der Waals surface area contributed by atoms with Gasteiger partial charge in [0, 0.05) is 12.0 Å². The molecule has 2 fully saturated rings. The molecule has 0 bridgehead atoms. The van der Waals surface area contributed by atoms with Gasteiger partial charge < -0.3 is 10.2 Å². The van der Waals surface area contributed by atoms with Crippen molar-refractivity contribution in [3.63, 3.8) is 0 Å². The molecule has 0 spiro atoms. The Labute approximate surface area is 210 Å². The number of imide groups is 1. The van der Waals surface area contributed by atoms with Gasteiger partial charge >= 0.3 is 6.03 Å². The number of urea groups is 1. The second-order valence-electron chi connectivity index (χ2n) is 10.5. The summed E-state index contributed by atoms with van der Waals surface area (Å²) in [6, 6.07) is 9.15. The molecule has 0 radical (unpaired) electrons. The number of nitrogens with one attached hydrogen (secondary N) is 1. The van der Waals surface area contributed by atoms with E-state index in [4.69, 9.17) is 0 Å². The summed E-state index contributed by atoms with van der Waals surface area (Å²) in [5.41, 5.74) is 0.881. The number of hydrogen-bond acceptors (Lipinski definition) is 3. The largest absolute Gasteiger partial charge is 0.338 e. The third-order valence-corrected chi connectivity index (χ3v) is 7.56. The van der Waals surface area contributed by atoms with E-state index in [1.165, 1.54) is 28.7 Å². The molecule has 2 aliphatic heterocycles. The minimum Gasteiger partial charge on any atom is -0.338 e. The lowest BCUT2D eigenvalue weighted by Crippen LogP contribution is -2.54. The molecule has 0 aromatic heterocycles. The highest BCUT2D eigenvalue weighted by molar-refractivity contribution is 5.98. The van der Waals surface area contributed by atoms with Gasteiger partial charge in [0.05, 0.1) is 6.04 Å². The molecule has 0 aliphatic carbocycles. The maximum Gasteiger partial charge on any atom is 0.324 e. The molecule has 194 valence electrons. The van der Waals surface area contributed by atoms with Crippen molar-refractivity contribution in [2.45, 2.75) is 57.9 Å². The fraction of sp³-hybridized carbons (Fsp3) is 0.500. The third kappa shape index (κ3) is 5.91. The molecule has 8 heteroatoms. The van der Waals surface area contributed by atoms with Gasteiger partial charge in [-0.25, -0.2) is 18.0 Å². The number of hydrogen-bond donors (Lipinski definition) is 1. The van der Waals surface area contributed by atoms with E-state index in [-0.39, 0.29) is 11.7 Å². The van der Waals surface area contributed by atoms with E-state index in [0.717, 1.165) is 51.0 Å². The van der Waals surface area contributed by atoms with Crippen molar-refractivity contribution in [2.24, 2.45) is 5.41 Å². The topological polar surface area (TPSA) is 52.7 Å². The molecule has 2 aromatic carbocycles. The standard InChI is InChI=1S/C28H34F3N3O2/c1-28(2)13-10-25(21-6-9-23(30)24(31)18-21)34(26(28)35)27(36)32-14-3-15-33-16-11-20(12-17-33)19-4-7-22(29)8-5-19/h4-9,18,20,25H,3,10-17H2,1-2H3,(H,32,36)/t25-/m0/s1. The maximum absolute atomic E-state index is 13.9. The van der Waals surface area contributed by atoms with Crippen LogP contribution in [0, 0.1) is 22.9 Å². The van der Waals surface area contributed by atoms with E-state index in [1.807, 2.05) is 12.1 Å². The van der Waals surface area contributed by atoms with Crippen LogP contribution >= 0.6 is 0 Å². The SMILES string of the molecule is CC1(C)CC[C@@H](c2ccc(F)c(F)c2)N(C(=O)NCCCN2CCC(c3ccc(F)cc3)CC2)C1=O. The van der Waals surface area contributed by atoms with Crippen LogP contribution in [0.3, 0.4) is 0 Å². The molecule has 2 saturated heterocycles. The monoisotopic (exact) mass is 501 g/mol. The number of carbonyl (C=O) groups is 2. The number of rotatable bonds is 6. The lowest BCUT2D eigenvalue weighted by Gasteiger charge is -2.41. The minimum absolute atomic E-state index is 0.218. The zero-order valence-corrected chi connectivity index (χ0v) is 20.9. The summed E-state index contributed by atoms with van der Waals surface area (Å²) in [4.78, 5) is 29.8. The highest BCUT2D eigenvalue weighted by Crippen LogP contribution is 2.40. The Hall–Kier alpha value is -2.87.